The highest BCUT2D eigenvalue weighted by molar-refractivity contribution is 6.30. The standard InChI is InChI=1S/C19H26ClFN2O/c1-18(2,3)4-5-23-11-19(12-23)9-13(10-19)17(24)22-16-7-14(20)6-15(21)8-16/h6-8,13H,4-5,9-12H2,1-3H3,(H,22,24). The summed E-state index contributed by atoms with van der Waals surface area (Å²) in [4.78, 5) is 14.8. The summed E-state index contributed by atoms with van der Waals surface area (Å²) in [5.74, 6) is -0.413. The van der Waals surface area contributed by atoms with Gasteiger partial charge in [0.05, 0.1) is 0 Å². The number of likely N-dealkylation sites (tertiary alicyclic amines) is 1. The fraction of sp³-hybridized carbons (Fsp3) is 0.632. The van der Waals surface area contributed by atoms with Crippen LogP contribution < -0.4 is 5.32 Å². The number of halogens is 2. The van der Waals surface area contributed by atoms with Crippen LogP contribution in [0.1, 0.15) is 40.0 Å². The summed E-state index contributed by atoms with van der Waals surface area (Å²) >= 11 is 5.82. The summed E-state index contributed by atoms with van der Waals surface area (Å²) in [7, 11) is 0. The van der Waals surface area contributed by atoms with Gasteiger partial charge in [0.2, 0.25) is 5.91 Å². The lowest BCUT2D eigenvalue weighted by atomic mass is 9.57. The topological polar surface area (TPSA) is 32.3 Å². The van der Waals surface area contributed by atoms with Gasteiger partial charge in [-0.05, 0) is 54.8 Å². The Morgan fingerprint density at radius 2 is 2.00 bits per heavy atom. The van der Waals surface area contributed by atoms with E-state index in [1.807, 2.05) is 0 Å². The number of benzene rings is 1. The Hall–Kier alpha value is -1.13. The molecule has 3 rings (SSSR count). The maximum atomic E-state index is 13.3. The van der Waals surface area contributed by atoms with Crippen LogP contribution in [-0.4, -0.2) is 30.4 Å². The van der Waals surface area contributed by atoms with Crippen LogP contribution in [0.4, 0.5) is 10.1 Å². The second kappa shape index (κ2) is 6.30. The molecule has 1 amide bonds. The molecule has 0 unspecified atom stereocenters. The second-order valence-corrected chi connectivity index (χ2v) is 9.21. The third-order valence-corrected chi connectivity index (χ3v) is 5.37. The third-order valence-electron chi connectivity index (χ3n) is 5.16. The smallest absolute Gasteiger partial charge is 0.227 e. The van der Waals surface area contributed by atoms with E-state index in [9.17, 15) is 9.18 Å². The number of nitrogens with one attached hydrogen (secondary N) is 1. The minimum absolute atomic E-state index is 0.0181. The molecule has 1 N–H and O–H groups in total. The van der Waals surface area contributed by atoms with Gasteiger partial charge in [0.25, 0.3) is 0 Å². The van der Waals surface area contributed by atoms with Crippen molar-refractivity contribution in [3.8, 4) is 0 Å². The highest BCUT2D eigenvalue weighted by atomic mass is 35.5. The van der Waals surface area contributed by atoms with Gasteiger partial charge in [0.15, 0.2) is 0 Å². The molecule has 1 saturated carbocycles. The SMILES string of the molecule is CC(C)(C)CCN1CC2(CC(C(=O)Nc3cc(F)cc(Cl)c3)C2)C1. The largest absolute Gasteiger partial charge is 0.326 e. The first-order valence-electron chi connectivity index (χ1n) is 8.64. The molecule has 2 aliphatic rings. The van der Waals surface area contributed by atoms with Crippen LogP contribution in [0.3, 0.4) is 0 Å². The quantitative estimate of drug-likeness (QED) is 0.861. The van der Waals surface area contributed by atoms with Gasteiger partial charge in [-0.1, -0.05) is 32.4 Å². The zero-order valence-electron chi connectivity index (χ0n) is 14.7. The summed E-state index contributed by atoms with van der Waals surface area (Å²) in [5, 5.41) is 3.09. The Kier molecular flexibility index (Phi) is 4.65. The molecular weight excluding hydrogens is 327 g/mol. The van der Waals surface area contributed by atoms with Crippen LogP contribution in [0, 0.1) is 22.6 Å². The van der Waals surface area contributed by atoms with E-state index in [4.69, 9.17) is 11.6 Å². The summed E-state index contributed by atoms with van der Waals surface area (Å²) in [6.07, 6.45) is 3.08. The highest BCUT2D eigenvalue weighted by Gasteiger charge is 2.54. The Bertz CT molecular complexity index is 606. The van der Waals surface area contributed by atoms with Crippen molar-refractivity contribution in [3.05, 3.63) is 29.0 Å². The average Bonchev–Trinajstić information content (AvgIpc) is 2.31. The maximum Gasteiger partial charge on any atom is 0.227 e. The number of hydrogen-bond acceptors (Lipinski definition) is 2. The van der Waals surface area contributed by atoms with E-state index in [-0.39, 0.29) is 11.8 Å². The van der Waals surface area contributed by atoms with Crippen LogP contribution in [0.5, 0.6) is 0 Å². The molecule has 5 heteroatoms. The predicted octanol–water partition coefficient (Wildman–Crippen LogP) is 4.57. The summed E-state index contributed by atoms with van der Waals surface area (Å²) in [6.45, 7) is 10.2. The van der Waals surface area contributed by atoms with Gasteiger partial charge in [-0.15, -0.1) is 0 Å². The van der Waals surface area contributed by atoms with Gasteiger partial charge in [0.1, 0.15) is 5.82 Å². The van der Waals surface area contributed by atoms with Crippen molar-refractivity contribution in [3.63, 3.8) is 0 Å². The number of nitrogens with zero attached hydrogens (tertiary/aromatic N) is 1. The molecule has 3 nitrogen and oxygen atoms in total. The van der Waals surface area contributed by atoms with Gasteiger partial charge in [0, 0.05) is 29.7 Å². The van der Waals surface area contributed by atoms with E-state index in [1.54, 1.807) is 6.07 Å². The van der Waals surface area contributed by atoms with E-state index in [2.05, 4.69) is 31.0 Å². The molecule has 1 aliphatic heterocycles. The van der Waals surface area contributed by atoms with E-state index in [0.29, 0.717) is 21.5 Å². The second-order valence-electron chi connectivity index (χ2n) is 8.77. The molecule has 1 aliphatic carbocycles. The average molecular weight is 353 g/mol. The fourth-order valence-electron chi connectivity index (χ4n) is 3.85. The Balaban J connectivity index is 1.43. The van der Waals surface area contributed by atoms with Crippen molar-refractivity contribution >= 4 is 23.2 Å². The van der Waals surface area contributed by atoms with E-state index < -0.39 is 5.82 Å². The number of carbonyl (C=O) groups is 1. The molecule has 1 heterocycles. The van der Waals surface area contributed by atoms with Crippen molar-refractivity contribution in [2.75, 3.05) is 25.0 Å². The number of hydrogen-bond donors (Lipinski definition) is 1. The highest BCUT2D eigenvalue weighted by Crippen LogP contribution is 2.52. The molecule has 1 spiro atoms. The molecule has 1 aromatic carbocycles. The van der Waals surface area contributed by atoms with E-state index in [0.717, 1.165) is 32.5 Å². The van der Waals surface area contributed by atoms with Gasteiger partial charge < -0.3 is 10.2 Å². The van der Waals surface area contributed by atoms with Gasteiger partial charge in [-0.3, -0.25) is 4.79 Å². The molecule has 1 saturated heterocycles. The van der Waals surface area contributed by atoms with Crippen molar-refractivity contribution in [1.82, 2.24) is 4.90 Å². The zero-order valence-corrected chi connectivity index (χ0v) is 15.4. The van der Waals surface area contributed by atoms with Crippen LogP contribution >= 0.6 is 11.6 Å². The van der Waals surface area contributed by atoms with Crippen LogP contribution in [-0.2, 0) is 4.79 Å². The monoisotopic (exact) mass is 352 g/mol. The van der Waals surface area contributed by atoms with Gasteiger partial charge in [-0.2, -0.15) is 0 Å². The Labute approximate surface area is 148 Å². The molecule has 24 heavy (non-hydrogen) atoms. The molecule has 1 aromatic rings. The molecule has 0 aromatic heterocycles. The first-order chi connectivity index (χ1) is 11.1. The van der Waals surface area contributed by atoms with Gasteiger partial charge >= 0.3 is 0 Å². The molecule has 0 radical (unpaired) electrons. The van der Waals surface area contributed by atoms with Crippen molar-refractivity contribution < 1.29 is 9.18 Å². The minimum atomic E-state index is -0.434. The summed E-state index contributed by atoms with van der Waals surface area (Å²) in [5.41, 5.74) is 1.16. The first-order valence-corrected chi connectivity index (χ1v) is 9.01. The summed E-state index contributed by atoms with van der Waals surface area (Å²) in [6, 6.07) is 4.11. The molecule has 2 fully saturated rings. The number of rotatable bonds is 4. The lowest BCUT2D eigenvalue weighted by molar-refractivity contribution is -0.139. The Morgan fingerprint density at radius 3 is 2.58 bits per heavy atom. The molecule has 132 valence electrons. The number of anilines is 1. The molecular formula is C19H26ClFN2O. The van der Waals surface area contributed by atoms with Crippen molar-refractivity contribution in [1.29, 1.82) is 0 Å². The lowest BCUT2D eigenvalue weighted by Crippen LogP contribution is -2.63. The van der Waals surface area contributed by atoms with Crippen LogP contribution in [0.25, 0.3) is 0 Å². The zero-order chi connectivity index (χ0) is 17.5. The Morgan fingerprint density at radius 1 is 1.33 bits per heavy atom. The number of carbonyl (C=O) groups excluding carboxylic acids is 1. The van der Waals surface area contributed by atoms with E-state index in [1.165, 1.54) is 18.6 Å². The molecule has 0 bridgehead atoms. The first kappa shape index (κ1) is 17.7. The van der Waals surface area contributed by atoms with Crippen molar-refractivity contribution in [2.45, 2.75) is 40.0 Å². The van der Waals surface area contributed by atoms with Crippen LogP contribution in [0.15, 0.2) is 18.2 Å². The molecule has 0 atom stereocenters. The van der Waals surface area contributed by atoms with Gasteiger partial charge in [-0.25, -0.2) is 4.39 Å². The third kappa shape index (κ3) is 4.09. The minimum Gasteiger partial charge on any atom is -0.326 e. The predicted molar refractivity (Wildman–Crippen MR) is 95.7 cm³/mol. The lowest BCUT2D eigenvalue weighted by Gasteiger charge is -2.59. The maximum absolute atomic E-state index is 13.3. The normalized spacial score (nSPS) is 20.5. The summed E-state index contributed by atoms with van der Waals surface area (Å²) < 4.78 is 13.3. The van der Waals surface area contributed by atoms with Crippen molar-refractivity contribution in [2.24, 2.45) is 16.7 Å². The number of amides is 1. The van der Waals surface area contributed by atoms with Crippen LogP contribution in [0.2, 0.25) is 5.02 Å². The van der Waals surface area contributed by atoms with E-state index >= 15 is 0 Å². The fourth-order valence-corrected chi connectivity index (χ4v) is 4.08.